The van der Waals surface area contributed by atoms with Crippen molar-refractivity contribution in [2.24, 2.45) is 0 Å². The smallest absolute Gasteiger partial charge is 0.302 e. The molecule has 0 fully saturated rings. The fourth-order valence-electron chi connectivity index (χ4n) is 3.52. The minimum Gasteiger partial charge on any atom is -0.466 e. The number of rotatable bonds is 6. The number of hydrogen-bond acceptors (Lipinski definition) is 5. The number of halogens is 2. The van der Waals surface area contributed by atoms with E-state index in [4.69, 9.17) is 10.5 Å². The molecule has 8 heteroatoms. The fourth-order valence-corrected chi connectivity index (χ4v) is 3.52. The molecule has 0 saturated carbocycles. The van der Waals surface area contributed by atoms with Gasteiger partial charge < -0.3 is 10.5 Å². The summed E-state index contributed by atoms with van der Waals surface area (Å²) in [5.74, 6) is -3.02. The molecule has 2 N–H and O–H groups in total. The predicted octanol–water partition coefficient (Wildman–Crippen LogP) is 3.49. The Balaban J connectivity index is 1.92. The molecule has 0 saturated heterocycles. The van der Waals surface area contributed by atoms with Crippen molar-refractivity contribution in [3.8, 4) is 0 Å². The summed E-state index contributed by atoms with van der Waals surface area (Å²) in [6, 6.07) is 5.09. The lowest BCUT2D eigenvalue weighted by atomic mass is 9.88. The van der Waals surface area contributed by atoms with E-state index < -0.39 is 28.5 Å². The molecule has 1 atom stereocenters. The molecule has 0 spiro atoms. The van der Waals surface area contributed by atoms with Crippen LogP contribution in [0.25, 0.3) is 0 Å². The molecule has 1 aliphatic rings. The van der Waals surface area contributed by atoms with Gasteiger partial charge in [-0.1, -0.05) is 18.2 Å². The molecule has 1 aromatic heterocycles. The van der Waals surface area contributed by atoms with Gasteiger partial charge in [-0.15, -0.1) is 0 Å². The molecule has 1 aromatic carbocycles. The van der Waals surface area contributed by atoms with E-state index in [0.29, 0.717) is 18.9 Å². The molecule has 31 heavy (non-hydrogen) atoms. The summed E-state index contributed by atoms with van der Waals surface area (Å²) in [4.78, 5) is 36.4. The fraction of sp³-hybridized carbons (Fsp3) is 0.261. The first kappa shape index (κ1) is 22.1. The summed E-state index contributed by atoms with van der Waals surface area (Å²) in [6.45, 7) is 3.37. The number of carbonyl (C=O) groups excluding carboxylic acids is 2. The van der Waals surface area contributed by atoms with Crippen LogP contribution in [0.1, 0.15) is 42.6 Å². The maximum atomic E-state index is 14.1. The number of nitrogens with zero attached hydrogens (tertiary/aromatic N) is 1. The summed E-state index contributed by atoms with van der Waals surface area (Å²) in [7, 11) is 0. The molecule has 0 bridgehead atoms. The van der Waals surface area contributed by atoms with E-state index in [2.05, 4.69) is 0 Å². The van der Waals surface area contributed by atoms with Crippen molar-refractivity contribution in [2.75, 3.05) is 12.3 Å². The summed E-state index contributed by atoms with van der Waals surface area (Å²) in [5.41, 5.74) is 5.47. The second kappa shape index (κ2) is 8.67. The standard InChI is InChI=1S/C23H22F2N2O4/c1-14(28)31-12-9-15-7-10-23(2,11-8-15)27-20(29)6-5-18(22(27)26)21(30)17-4-3-16(24)13-19(17)25/h3-8,10,13H,9,11-12,26H2,1-2H3. The molecular weight excluding hydrogens is 406 g/mol. The molecule has 162 valence electrons. The number of ketones is 1. The molecule has 0 amide bonds. The van der Waals surface area contributed by atoms with Crippen molar-refractivity contribution >= 4 is 17.6 Å². The monoisotopic (exact) mass is 428 g/mol. The van der Waals surface area contributed by atoms with Gasteiger partial charge in [-0.2, -0.15) is 0 Å². The highest BCUT2D eigenvalue weighted by molar-refractivity contribution is 6.11. The summed E-state index contributed by atoms with van der Waals surface area (Å²) in [6.07, 6.45) is 6.45. The minimum atomic E-state index is -1.01. The molecule has 0 radical (unpaired) electrons. The highest BCUT2D eigenvalue weighted by atomic mass is 19.1. The van der Waals surface area contributed by atoms with Gasteiger partial charge in [-0.3, -0.25) is 19.0 Å². The lowest BCUT2D eigenvalue weighted by Gasteiger charge is -2.32. The van der Waals surface area contributed by atoms with Crippen molar-refractivity contribution < 1.29 is 23.1 Å². The van der Waals surface area contributed by atoms with Crippen LogP contribution in [0.5, 0.6) is 0 Å². The molecule has 1 unspecified atom stereocenters. The van der Waals surface area contributed by atoms with Gasteiger partial charge in [0.15, 0.2) is 5.78 Å². The Morgan fingerprint density at radius 3 is 2.52 bits per heavy atom. The number of esters is 1. The Hall–Kier alpha value is -3.55. The van der Waals surface area contributed by atoms with Crippen molar-refractivity contribution in [2.45, 2.75) is 32.2 Å². The van der Waals surface area contributed by atoms with Crippen LogP contribution in [0.3, 0.4) is 0 Å². The Morgan fingerprint density at radius 2 is 1.90 bits per heavy atom. The number of aromatic nitrogens is 1. The topological polar surface area (TPSA) is 91.4 Å². The maximum Gasteiger partial charge on any atom is 0.302 e. The summed E-state index contributed by atoms with van der Waals surface area (Å²) in [5, 5.41) is 0. The number of anilines is 1. The molecule has 0 aliphatic heterocycles. The van der Waals surface area contributed by atoms with E-state index in [9.17, 15) is 23.2 Å². The van der Waals surface area contributed by atoms with Gasteiger partial charge in [0.2, 0.25) is 0 Å². The van der Waals surface area contributed by atoms with E-state index in [-0.39, 0.29) is 29.5 Å². The highest BCUT2D eigenvalue weighted by Crippen LogP contribution is 2.31. The average Bonchev–Trinajstić information content (AvgIpc) is 2.69. The number of hydrogen-bond donors (Lipinski definition) is 1. The van der Waals surface area contributed by atoms with Gasteiger partial charge >= 0.3 is 5.97 Å². The van der Waals surface area contributed by atoms with Crippen molar-refractivity contribution in [3.05, 3.63) is 87.2 Å². The number of ether oxygens (including phenoxy) is 1. The zero-order valence-electron chi connectivity index (χ0n) is 17.2. The third kappa shape index (κ3) is 4.63. The van der Waals surface area contributed by atoms with E-state index in [1.165, 1.54) is 23.6 Å². The largest absolute Gasteiger partial charge is 0.466 e. The van der Waals surface area contributed by atoms with Crippen molar-refractivity contribution in [1.82, 2.24) is 4.57 Å². The van der Waals surface area contributed by atoms with E-state index in [1.54, 1.807) is 13.0 Å². The average molecular weight is 428 g/mol. The first-order chi connectivity index (χ1) is 14.6. The van der Waals surface area contributed by atoms with Gasteiger partial charge in [0, 0.05) is 25.5 Å². The lowest BCUT2D eigenvalue weighted by Crippen LogP contribution is -2.40. The molecular formula is C23H22F2N2O4. The second-order valence-corrected chi connectivity index (χ2v) is 7.52. The predicted molar refractivity (Wildman–Crippen MR) is 112 cm³/mol. The molecule has 1 heterocycles. The van der Waals surface area contributed by atoms with Crippen molar-refractivity contribution in [1.29, 1.82) is 0 Å². The van der Waals surface area contributed by atoms with Crippen LogP contribution in [-0.2, 0) is 15.1 Å². The number of benzene rings is 1. The van der Waals surface area contributed by atoms with Crippen LogP contribution < -0.4 is 11.3 Å². The molecule has 1 aliphatic carbocycles. The van der Waals surface area contributed by atoms with Crippen LogP contribution in [0.2, 0.25) is 0 Å². The highest BCUT2D eigenvalue weighted by Gasteiger charge is 2.30. The third-order valence-corrected chi connectivity index (χ3v) is 5.19. The first-order valence-corrected chi connectivity index (χ1v) is 9.66. The van der Waals surface area contributed by atoms with Crippen LogP contribution in [-0.4, -0.2) is 22.9 Å². The number of nitrogen functional groups attached to an aromatic ring is 1. The Kier molecular flexibility index (Phi) is 6.19. The maximum absolute atomic E-state index is 14.1. The van der Waals surface area contributed by atoms with Crippen LogP contribution in [0, 0.1) is 11.6 Å². The quantitative estimate of drug-likeness (QED) is 0.562. The molecule has 3 rings (SSSR count). The van der Waals surface area contributed by atoms with Gasteiger partial charge in [-0.05, 0) is 37.1 Å². The van der Waals surface area contributed by atoms with E-state index >= 15 is 0 Å². The van der Waals surface area contributed by atoms with E-state index in [0.717, 1.165) is 17.7 Å². The number of pyridine rings is 1. The minimum absolute atomic E-state index is 0.0515. The van der Waals surface area contributed by atoms with Crippen LogP contribution in [0.4, 0.5) is 14.6 Å². The van der Waals surface area contributed by atoms with Gasteiger partial charge in [0.25, 0.3) is 5.56 Å². The van der Waals surface area contributed by atoms with Crippen LogP contribution in [0.15, 0.2) is 58.9 Å². The Labute approximate surface area is 177 Å². The third-order valence-electron chi connectivity index (χ3n) is 5.19. The Morgan fingerprint density at radius 1 is 1.19 bits per heavy atom. The second-order valence-electron chi connectivity index (χ2n) is 7.52. The van der Waals surface area contributed by atoms with Gasteiger partial charge in [0.05, 0.1) is 23.3 Å². The summed E-state index contributed by atoms with van der Waals surface area (Å²) < 4.78 is 33.5. The van der Waals surface area contributed by atoms with E-state index in [1.807, 2.05) is 12.2 Å². The zero-order valence-corrected chi connectivity index (χ0v) is 17.2. The lowest BCUT2D eigenvalue weighted by molar-refractivity contribution is -0.140. The van der Waals surface area contributed by atoms with Gasteiger partial charge in [0.1, 0.15) is 17.5 Å². The SMILES string of the molecule is CC(=O)OCCC1=CCC(C)(n2c(N)c(C(=O)c3ccc(F)cc3F)ccc2=O)C=C1. The molecule has 2 aromatic rings. The van der Waals surface area contributed by atoms with Gasteiger partial charge in [-0.25, -0.2) is 8.78 Å². The number of carbonyl (C=O) groups is 2. The summed E-state index contributed by atoms with van der Waals surface area (Å²) >= 11 is 0. The normalized spacial score (nSPS) is 17.9. The van der Waals surface area contributed by atoms with Crippen molar-refractivity contribution in [3.63, 3.8) is 0 Å². The number of nitrogens with two attached hydrogens (primary N) is 1. The van der Waals surface area contributed by atoms with Crippen LogP contribution >= 0.6 is 0 Å². The zero-order chi connectivity index (χ0) is 22.8. The number of allylic oxidation sites excluding steroid dienone is 3. The first-order valence-electron chi connectivity index (χ1n) is 9.66. The molecule has 6 nitrogen and oxygen atoms in total. The Bertz CT molecular complexity index is 1170.